The van der Waals surface area contributed by atoms with Gasteiger partial charge in [0, 0.05) is 16.8 Å². The van der Waals surface area contributed by atoms with Gasteiger partial charge in [0.25, 0.3) is 5.91 Å². The molecule has 2 saturated carbocycles. The molecule has 2 aromatic rings. The average molecular weight is 426 g/mol. The van der Waals surface area contributed by atoms with Crippen molar-refractivity contribution in [1.82, 2.24) is 0 Å². The molecule has 4 aliphatic carbocycles. The van der Waals surface area contributed by atoms with Crippen LogP contribution in [0.25, 0.3) is 0 Å². The maximum Gasteiger partial charge on any atom is 0.255 e. The summed E-state index contributed by atoms with van der Waals surface area (Å²) in [5, 5.41) is 2.80. The lowest BCUT2D eigenvalue weighted by Crippen LogP contribution is -2.40. The predicted molar refractivity (Wildman–Crippen MR) is 118 cm³/mol. The highest BCUT2D eigenvalue weighted by atomic mass is 16.2. The lowest BCUT2D eigenvalue weighted by atomic mass is 9.63. The van der Waals surface area contributed by atoms with Gasteiger partial charge in [-0.2, -0.15) is 0 Å². The molecule has 6 heteroatoms. The molecule has 6 nitrogen and oxygen atoms in total. The van der Waals surface area contributed by atoms with E-state index in [1.165, 1.54) is 11.8 Å². The van der Waals surface area contributed by atoms with Crippen molar-refractivity contribution in [3.8, 4) is 0 Å². The Labute approximate surface area is 185 Å². The van der Waals surface area contributed by atoms with Crippen LogP contribution in [0.2, 0.25) is 0 Å². The lowest BCUT2D eigenvalue weighted by molar-refractivity contribution is -0.124. The second-order valence-corrected chi connectivity index (χ2v) is 9.30. The number of hydrogen-bond acceptors (Lipinski definition) is 4. The Morgan fingerprint density at radius 2 is 1.34 bits per heavy atom. The number of benzene rings is 2. The summed E-state index contributed by atoms with van der Waals surface area (Å²) < 4.78 is 0. The average Bonchev–Trinajstić information content (AvgIpc) is 3.58. The number of Topliss-reactive ketones (excluding diaryl/α,β-unsaturated/α-hetero) is 1. The third-order valence-corrected chi connectivity index (χ3v) is 7.60. The Balaban J connectivity index is 1.19. The smallest absolute Gasteiger partial charge is 0.255 e. The van der Waals surface area contributed by atoms with Crippen molar-refractivity contribution in [2.45, 2.75) is 13.3 Å². The van der Waals surface area contributed by atoms with Crippen LogP contribution in [0.5, 0.6) is 0 Å². The SMILES string of the molecule is CC(=O)c1ccc(NC(=O)c2ccc(N3C(=O)[C@@H]4[C@H]5C=C[C@@H]([C@@H]6C[C@@H]56)[C@@H]4C3=O)cc2)cc1. The Hall–Kier alpha value is -3.54. The second-order valence-electron chi connectivity index (χ2n) is 9.30. The summed E-state index contributed by atoms with van der Waals surface area (Å²) in [6.07, 6.45) is 5.45. The topological polar surface area (TPSA) is 83.6 Å². The van der Waals surface area contributed by atoms with Gasteiger partial charge in [-0.25, -0.2) is 0 Å². The van der Waals surface area contributed by atoms with Crippen LogP contribution < -0.4 is 10.2 Å². The highest BCUT2D eigenvalue weighted by Crippen LogP contribution is 2.65. The van der Waals surface area contributed by atoms with E-state index < -0.39 is 0 Å². The first-order valence-corrected chi connectivity index (χ1v) is 11.0. The molecule has 1 heterocycles. The minimum atomic E-state index is -0.304. The van der Waals surface area contributed by atoms with Crippen LogP contribution in [0, 0.1) is 35.5 Å². The Morgan fingerprint density at radius 1 is 0.812 bits per heavy atom. The Bertz CT molecular complexity index is 1160. The largest absolute Gasteiger partial charge is 0.322 e. The van der Waals surface area contributed by atoms with E-state index in [1.54, 1.807) is 48.5 Å². The van der Waals surface area contributed by atoms with Crippen molar-refractivity contribution < 1.29 is 19.2 Å². The van der Waals surface area contributed by atoms with Crippen molar-refractivity contribution >= 4 is 34.9 Å². The van der Waals surface area contributed by atoms with Crippen LogP contribution in [0.3, 0.4) is 0 Å². The van der Waals surface area contributed by atoms with Gasteiger partial charge in [-0.1, -0.05) is 12.2 Å². The molecule has 5 aliphatic rings. The molecule has 2 aromatic carbocycles. The van der Waals surface area contributed by atoms with Crippen LogP contribution in [-0.4, -0.2) is 23.5 Å². The third kappa shape index (κ3) is 2.72. The predicted octanol–water partition coefficient (Wildman–Crippen LogP) is 3.70. The fourth-order valence-corrected chi connectivity index (χ4v) is 5.96. The summed E-state index contributed by atoms with van der Waals surface area (Å²) in [5.74, 6) is 0.500. The molecule has 7 rings (SSSR count). The van der Waals surface area contributed by atoms with E-state index in [1.807, 2.05) is 0 Å². The minimum absolute atomic E-state index is 0.0369. The fourth-order valence-electron chi connectivity index (χ4n) is 5.96. The molecule has 0 unspecified atom stereocenters. The Kier molecular flexibility index (Phi) is 4.03. The van der Waals surface area contributed by atoms with Crippen molar-refractivity contribution in [3.63, 3.8) is 0 Å². The van der Waals surface area contributed by atoms with Crippen LogP contribution in [0.4, 0.5) is 11.4 Å². The third-order valence-electron chi connectivity index (χ3n) is 7.60. The number of rotatable bonds is 4. The summed E-state index contributed by atoms with van der Waals surface area (Å²) in [6.45, 7) is 1.49. The molecule has 1 saturated heterocycles. The fraction of sp³-hybridized carbons (Fsp3) is 0.308. The second kappa shape index (κ2) is 6.73. The summed E-state index contributed by atoms with van der Waals surface area (Å²) >= 11 is 0. The maximum atomic E-state index is 13.2. The number of allylic oxidation sites excluding steroid dienone is 2. The van der Waals surface area contributed by atoms with Crippen LogP contribution in [0.1, 0.15) is 34.1 Å². The summed E-state index contributed by atoms with van der Waals surface area (Å²) in [5.41, 5.74) is 2.10. The number of carbonyl (C=O) groups is 4. The van der Waals surface area contributed by atoms with Crippen molar-refractivity contribution in [3.05, 3.63) is 71.8 Å². The van der Waals surface area contributed by atoms with Crippen molar-refractivity contribution in [2.24, 2.45) is 35.5 Å². The highest BCUT2D eigenvalue weighted by Gasteiger charge is 2.67. The van der Waals surface area contributed by atoms with Gasteiger partial charge in [0.05, 0.1) is 17.5 Å². The molecule has 2 bridgehead atoms. The maximum absolute atomic E-state index is 13.2. The first-order chi connectivity index (χ1) is 15.4. The van der Waals surface area contributed by atoms with E-state index in [-0.39, 0.29) is 47.2 Å². The number of nitrogens with one attached hydrogen (secondary N) is 1. The summed E-state index contributed by atoms with van der Waals surface area (Å²) in [4.78, 5) is 51.7. The van der Waals surface area contributed by atoms with Gasteiger partial charge >= 0.3 is 0 Å². The van der Waals surface area contributed by atoms with Gasteiger partial charge in [-0.05, 0) is 85.5 Å². The summed E-state index contributed by atoms with van der Waals surface area (Å²) in [7, 11) is 0. The standard InChI is InChI=1S/C26H22N2O4/c1-13(29)14-2-6-16(7-3-14)27-24(30)15-4-8-17(9-5-15)28-25(31)22-18-10-11-19(21-12-20(18)21)23(22)26(28)32/h2-11,18-23H,12H2,1H3,(H,27,30)/t18-,19-,20-,21-,22-,23+/m0/s1. The zero-order chi connectivity index (χ0) is 22.1. The van der Waals surface area contributed by atoms with E-state index in [9.17, 15) is 19.2 Å². The van der Waals surface area contributed by atoms with E-state index >= 15 is 0 Å². The molecule has 160 valence electrons. The van der Waals surface area contributed by atoms with Gasteiger partial charge in [-0.3, -0.25) is 24.1 Å². The van der Waals surface area contributed by atoms with Crippen LogP contribution in [0.15, 0.2) is 60.7 Å². The van der Waals surface area contributed by atoms with Gasteiger partial charge < -0.3 is 5.32 Å². The number of amides is 3. The van der Waals surface area contributed by atoms with E-state index in [0.29, 0.717) is 34.3 Å². The molecule has 0 radical (unpaired) electrons. The van der Waals surface area contributed by atoms with Crippen LogP contribution in [-0.2, 0) is 9.59 Å². The normalized spacial score (nSPS) is 31.3. The van der Waals surface area contributed by atoms with Gasteiger partial charge in [0.2, 0.25) is 11.8 Å². The highest BCUT2D eigenvalue weighted by molar-refractivity contribution is 6.22. The summed E-state index contributed by atoms with van der Waals surface area (Å²) in [6, 6.07) is 13.3. The molecule has 0 aromatic heterocycles. The molecule has 3 amide bonds. The van der Waals surface area contributed by atoms with Gasteiger partial charge in [0.15, 0.2) is 5.78 Å². The molecule has 3 fully saturated rings. The first kappa shape index (κ1) is 19.2. The van der Waals surface area contributed by atoms with Crippen molar-refractivity contribution in [2.75, 3.05) is 10.2 Å². The molecule has 1 aliphatic heterocycles. The number of nitrogens with zero attached hydrogens (tertiary/aromatic N) is 1. The Morgan fingerprint density at radius 3 is 1.88 bits per heavy atom. The molecular weight excluding hydrogens is 404 g/mol. The molecule has 1 N–H and O–H groups in total. The lowest BCUT2D eigenvalue weighted by Gasteiger charge is -2.37. The first-order valence-electron chi connectivity index (χ1n) is 11.0. The number of anilines is 2. The molecular formula is C26H22N2O4. The monoisotopic (exact) mass is 426 g/mol. The minimum Gasteiger partial charge on any atom is -0.322 e. The van der Waals surface area contributed by atoms with Gasteiger partial charge in [-0.15, -0.1) is 0 Å². The number of hydrogen-bond donors (Lipinski definition) is 1. The quantitative estimate of drug-likeness (QED) is 0.459. The van der Waals surface area contributed by atoms with Crippen molar-refractivity contribution in [1.29, 1.82) is 0 Å². The van der Waals surface area contributed by atoms with E-state index in [4.69, 9.17) is 0 Å². The number of carbonyl (C=O) groups excluding carboxylic acids is 4. The van der Waals surface area contributed by atoms with E-state index in [0.717, 1.165) is 6.42 Å². The zero-order valence-corrected chi connectivity index (χ0v) is 17.5. The molecule has 0 spiro atoms. The zero-order valence-electron chi connectivity index (χ0n) is 17.5. The molecule has 32 heavy (non-hydrogen) atoms. The number of imide groups is 1. The molecule has 6 atom stereocenters. The van der Waals surface area contributed by atoms with E-state index in [2.05, 4.69) is 17.5 Å². The number of ketones is 1. The van der Waals surface area contributed by atoms with Gasteiger partial charge in [0.1, 0.15) is 0 Å². The van der Waals surface area contributed by atoms with Crippen LogP contribution >= 0.6 is 0 Å².